The molecule has 2 aromatic carbocycles. The van der Waals surface area contributed by atoms with Crippen molar-refractivity contribution >= 4 is 29.9 Å². The van der Waals surface area contributed by atoms with E-state index in [4.69, 9.17) is 14.2 Å². The molecule has 0 fully saturated rings. The van der Waals surface area contributed by atoms with Gasteiger partial charge in [-0.15, -0.1) is 24.0 Å². The molecule has 0 heterocycles. The maximum atomic E-state index is 13.7. The fraction of sp³-hybridized carbons (Fsp3) is 0.409. The number of benzene rings is 2. The van der Waals surface area contributed by atoms with Gasteiger partial charge in [0, 0.05) is 13.7 Å². The highest BCUT2D eigenvalue weighted by atomic mass is 127. The molecule has 6 nitrogen and oxygen atoms in total. The number of halogens is 2. The van der Waals surface area contributed by atoms with Gasteiger partial charge in [-0.2, -0.15) is 0 Å². The molecule has 0 bridgehead atoms. The molecule has 1 unspecified atom stereocenters. The van der Waals surface area contributed by atoms with Gasteiger partial charge in [-0.25, -0.2) is 9.38 Å². The number of nitrogens with one attached hydrogen (secondary N) is 2. The van der Waals surface area contributed by atoms with Crippen molar-refractivity contribution in [2.75, 3.05) is 33.4 Å². The van der Waals surface area contributed by atoms with Crippen LogP contribution in [0.5, 0.6) is 11.5 Å². The lowest BCUT2D eigenvalue weighted by atomic mass is 10.2. The molecular weight excluding hydrogens is 500 g/mol. The van der Waals surface area contributed by atoms with E-state index in [0.29, 0.717) is 32.3 Å². The Balaban J connectivity index is 0.00000450. The van der Waals surface area contributed by atoms with E-state index < -0.39 is 0 Å². The second kappa shape index (κ2) is 14.8. The van der Waals surface area contributed by atoms with E-state index in [-0.39, 0.29) is 41.6 Å². The van der Waals surface area contributed by atoms with Crippen molar-refractivity contribution in [2.24, 2.45) is 4.99 Å². The fourth-order valence-electron chi connectivity index (χ4n) is 2.49. The summed E-state index contributed by atoms with van der Waals surface area (Å²) in [5.74, 6) is 1.36. The number of methoxy groups -OCH3 is 1. The highest BCUT2D eigenvalue weighted by Gasteiger charge is 2.09. The van der Waals surface area contributed by atoms with Crippen LogP contribution >= 0.6 is 24.0 Å². The summed E-state index contributed by atoms with van der Waals surface area (Å²) in [6.45, 7) is 6.72. The third-order valence-electron chi connectivity index (χ3n) is 3.97. The predicted molar refractivity (Wildman–Crippen MR) is 129 cm³/mol. The number of rotatable bonds is 11. The summed E-state index contributed by atoms with van der Waals surface area (Å²) in [7, 11) is 1.65. The van der Waals surface area contributed by atoms with E-state index in [9.17, 15) is 4.39 Å². The Kier molecular flexibility index (Phi) is 12.8. The Morgan fingerprint density at radius 2 is 1.80 bits per heavy atom. The van der Waals surface area contributed by atoms with Gasteiger partial charge in [0.25, 0.3) is 0 Å². The largest absolute Gasteiger partial charge is 0.491 e. The van der Waals surface area contributed by atoms with Crippen molar-refractivity contribution in [2.45, 2.75) is 26.5 Å². The molecule has 30 heavy (non-hydrogen) atoms. The number of ether oxygens (including phenoxy) is 3. The first-order valence-electron chi connectivity index (χ1n) is 9.76. The quantitative estimate of drug-likeness (QED) is 0.199. The normalized spacial score (nSPS) is 11.9. The topological polar surface area (TPSA) is 64.1 Å². The van der Waals surface area contributed by atoms with Crippen LogP contribution in [0.15, 0.2) is 53.5 Å². The van der Waals surface area contributed by atoms with Gasteiger partial charge >= 0.3 is 0 Å². The fourth-order valence-corrected chi connectivity index (χ4v) is 2.49. The van der Waals surface area contributed by atoms with Gasteiger partial charge in [0.2, 0.25) is 0 Å². The van der Waals surface area contributed by atoms with Gasteiger partial charge in [-0.1, -0.05) is 24.3 Å². The number of guanidine groups is 1. The first-order valence-corrected chi connectivity index (χ1v) is 9.76. The van der Waals surface area contributed by atoms with Gasteiger partial charge in [0.05, 0.1) is 19.7 Å². The van der Waals surface area contributed by atoms with Crippen LogP contribution in [-0.2, 0) is 11.3 Å². The third-order valence-corrected chi connectivity index (χ3v) is 3.97. The first kappa shape index (κ1) is 26.0. The molecule has 0 amide bonds. The molecule has 166 valence electrons. The molecule has 0 saturated carbocycles. The van der Waals surface area contributed by atoms with E-state index in [2.05, 4.69) is 15.6 Å². The number of para-hydroxylation sites is 1. The Bertz CT molecular complexity index is 760. The lowest BCUT2D eigenvalue weighted by Crippen LogP contribution is -2.41. The second-order valence-electron chi connectivity index (χ2n) is 6.42. The lowest BCUT2D eigenvalue weighted by Gasteiger charge is -2.18. The smallest absolute Gasteiger partial charge is 0.191 e. The minimum absolute atomic E-state index is 0. The summed E-state index contributed by atoms with van der Waals surface area (Å²) < 4.78 is 29.9. The zero-order valence-corrected chi connectivity index (χ0v) is 20.0. The van der Waals surface area contributed by atoms with Gasteiger partial charge in [0.1, 0.15) is 18.5 Å². The third kappa shape index (κ3) is 9.62. The zero-order valence-electron chi connectivity index (χ0n) is 17.7. The number of aliphatic imine (C=N–C) groups is 1. The molecule has 2 rings (SSSR count). The zero-order chi connectivity index (χ0) is 20.9. The Labute approximate surface area is 195 Å². The average molecular weight is 531 g/mol. The molecular formula is C22H31FIN3O3. The monoisotopic (exact) mass is 531 g/mol. The van der Waals surface area contributed by atoms with Crippen molar-refractivity contribution in [3.63, 3.8) is 0 Å². The molecule has 0 radical (unpaired) electrons. The predicted octanol–water partition coefficient (Wildman–Crippen LogP) is 3.99. The Hall–Kier alpha value is -2.07. The van der Waals surface area contributed by atoms with E-state index in [0.717, 1.165) is 17.9 Å². The van der Waals surface area contributed by atoms with E-state index >= 15 is 0 Å². The van der Waals surface area contributed by atoms with Crippen LogP contribution in [0.25, 0.3) is 0 Å². The minimum Gasteiger partial charge on any atom is -0.491 e. The molecule has 0 saturated heterocycles. The standard InChI is InChI=1S/C22H30FN3O3.HI/c1-4-24-22(25-15-17(2)29-21-8-6-5-7-20(21)23)26-16-18-9-11-19(12-10-18)28-14-13-27-3;/h5-12,17H,4,13-16H2,1-3H3,(H2,24,25,26);1H. The molecule has 1 atom stereocenters. The molecule has 8 heteroatoms. The van der Waals surface area contributed by atoms with E-state index in [1.807, 2.05) is 38.1 Å². The highest BCUT2D eigenvalue weighted by Crippen LogP contribution is 2.16. The molecule has 2 N–H and O–H groups in total. The molecule has 0 aliphatic rings. The maximum Gasteiger partial charge on any atom is 0.191 e. The minimum atomic E-state index is -0.366. The summed E-state index contributed by atoms with van der Waals surface area (Å²) in [5, 5.41) is 6.43. The summed E-state index contributed by atoms with van der Waals surface area (Å²) in [4.78, 5) is 4.59. The van der Waals surface area contributed by atoms with Crippen LogP contribution in [0.4, 0.5) is 4.39 Å². The van der Waals surface area contributed by atoms with Gasteiger partial charge in [-0.3, -0.25) is 0 Å². The first-order chi connectivity index (χ1) is 14.1. The lowest BCUT2D eigenvalue weighted by molar-refractivity contribution is 0.146. The summed E-state index contributed by atoms with van der Waals surface area (Å²) in [6.07, 6.45) is -0.223. The van der Waals surface area contributed by atoms with E-state index in [1.54, 1.807) is 25.3 Å². The highest BCUT2D eigenvalue weighted by molar-refractivity contribution is 14.0. The Morgan fingerprint density at radius 1 is 1.07 bits per heavy atom. The summed E-state index contributed by atoms with van der Waals surface area (Å²) >= 11 is 0. The van der Waals surface area contributed by atoms with Crippen LogP contribution in [-0.4, -0.2) is 45.5 Å². The van der Waals surface area contributed by atoms with Crippen LogP contribution in [0.1, 0.15) is 19.4 Å². The molecule has 2 aromatic rings. The molecule has 0 aliphatic carbocycles. The van der Waals surface area contributed by atoms with Crippen molar-refractivity contribution in [1.29, 1.82) is 0 Å². The SMILES string of the molecule is CCNC(=NCc1ccc(OCCOC)cc1)NCC(C)Oc1ccccc1F.I. The summed E-state index contributed by atoms with van der Waals surface area (Å²) in [5.41, 5.74) is 1.07. The molecule has 0 spiro atoms. The number of hydrogen-bond donors (Lipinski definition) is 2. The number of hydrogen-bond acceptors (Lipinski definition) is 4. The second-order valence-corrected chi connectivity index (χ2v) is 6.42. The Morgan fingerprint density at radius 3 is 2.47 bits per heavy atom. The summed E-state index contributed by atoms with van der Waals surface area (Å²) in [6, 6.07) is 14.2. The van der Waals surface area contributed by atoms with Crippen molar-refractivity contribution in [3.05, 3.63) is 59.9 Å². The van der Waals surface area contributed by atoms with Crippen molar-refractivity contribution in [1.82, 2.24) is 10.6 Å². The average Bonchev–Trinajstić information content (AvgIpc) is 2.73. The van der Waals surface area contributed by atoms with Crippen LogP contribution in [0.2, 0.25) is 0 Å². The van der Waals surface area contributed by atoms with Gasteiger partial charge in [0.15, 0.2) is 17.5 Å². The van der Waals surface area contributed by atoms with Crippen LogP contribution < -0.4 is 20.1 Å². The van der Waals surface area contributed by atoms with E-state index in [1.165, 1.54) is 6.07 Å². The maximum absolute atomic E-state index is 13.7. The molecule has 0 aromatic heterocycles. The molecule has 0 aliphatic heterocycles. The van der Waals surface area contributed by atoms with Gasteiger partial charge in [-0.05, 0) is 43.7 Å². The van der Waals surface area contributed by atoms with Crippen molar-refractivity contribution < 1.29 is 18.6 Å². The number of nitrogens with zero attached hydrogens (tertiary/aromatic N) is 1. The van der Waals surface area contributed by atoms with Gasteiger partial charge < -0.3 is 24.8 Å². The van der Waals surface area contributed by atoms with Crippen LogP contribution in [0.3, 0.4) is 0 Å². The van der Waals surface area contributed by atoms with Crippen LogP contribution in [0, 0.1) is 5.82 Å². The van der Waals surface area contributed by atoms with Crippen molar-refractivity contribution in [3.8, 4) is 11.5 Å².